The third-order valence-corrected chi connectivity index (χ3v) is 0.838. The van der Waals surface area contributed by atoms with Crippen molar-refractivity contribution in [1.29, 1.82) is 0 Å². The summed E-state index contributed by atoms with van der Waals surface area (Å²) in [5.41, 5.74) is 0. The van der Waals surface area contributed by atoms with Gasteiger partial charge in [0.2, 0.25) is 0 Å². The Balaban J connectivity index is 0. The van der Waals surface area contributed by atoms with Gasteiger partial charge in [-0.25, -0.2) is 0 Å². The van der Waals surface area contributed by atoms with Gasteiger partial charge in [0.05, 0.1) is 0 Å². The smallest absolute Gasteiger partial charge is 0.694 e. The molecule has 9 heavy (non-hydrogen) atoms. The summed E-state index contributed by atoms with van der Waals surface area (Å²) in [6.45, 7) is 2.10. The SMILES string of the molecule is [C-]#CCC/C=C\CC.[Li+]. The molecule has 44 valence electrons. The number of hydrogen-bond donors (Lipinski definition) is 0. The first-order valence-electron chi connectivity index (χ1n) is 2.96. The standard InChI is InChI=1S/C8H11.Li/c1-3-5-7-8-6-4-2;/h5,7H,3,6,8H2,1H3;/q-1;+1/b7-5-;. The van der Waals surface area contributed by atoms with E-state index in [1.807, 2.05) is 0 Å². The van der Waals surface area contributed by atoms with Crippen LogP contribution in [0.4, 0.5) is 0 Å². The zero-order chi connectivity index (χ0) is 6.24. The normalized spacial score (nSPS) is 8.44. The monoisotopic (exact) mass is 114 g/mol. The molecule has 0 bridgehead atoms. The van der Waals surface area contributed by atoms with E-state index in [2.05, 4.69) is 25.0 Å². The summed E-state index contributed by atoms with van der Waals surface area (Å²) in [5.74, 6) is 2.33. The van der Waals surface area contributed by atoms with E-state index < -0.39 is 0 Å². The van der Waals surface area contributed by atoms with Gasteiger partial charge in [-0.2, -0.15) is 0 Å². The van der Waals surface area contributed by atoms with E-state index in [0.717, 1.165) is 19.3 Å². The average molecular weight is 114 g/mol. The first-order valence-corrected chi connectivity index (χ1v) is 2.96. The molecule has 0 nitrogen and oxygen atoms in total. The van der Waals surface area contributed by atoms with Gasteiger partial charge in [0.15, 0.2) is 0 Å². The zero-order valence-corrected chi connectivity index (χ0v) is 6.28. The van der Waals surface area contributed by atoms with E-state index in [-0.39, 0.29) is 18.9 Å². The Morgan fingerprint density at radius 2 is 2.11 bits per heavy atom. The second-order valence-electron chi connectivity index (χ2n) is 1.60. The molecule has 0 N–H and O–H groups in total. The molecular formula is C8H11Li. The molecule has 0 aliphatic carbocycles. The van der Waals surface area contributed by atoms with Gasteiger partial charge < -0.3 is 12.3 Å². The van der Waals surface area contributed by atoms with Gasteiger partial charge in [-0.15, -0.1) is 0 Å². The summed E-state index contributed by atoms with van der Waals surface area (Å²) in [5, 5.41) is 0. The molecule has 0 heterocycles. The Morgan fingerprint density at radius 3 is 2.56 bits per heavy atom. The van der Waals surface area contributed by atoms with Crippen LogP contribution in [0.5, 0.6) is 0 Å². The number of hydrogen-bond acceptors (Lipinski definition) is 0. The van der Waals surface area contributed by atoms with Crippen LogP contribution in [-0.4, -0.2) is 0 Å². The predicted octanol–water partition coefficient (Wildman–Crippen LogP) is -0.673. The molecule has 0 fully saturated rings. The van der Waals surface area contributed by atoms with Crippen molar-refractivity contribution < 1.29 is 18.9 Å². The van der Waals surface area contributed by atoms with Gasteiger partial charge in [0, 0.05) is 0 Å². The fraction of sp³-hybridized carbons (Fsp3) is 0.500. The van der Waals surface area contributed by atoms with Crippen LogP contribution in [-0.2, 0) is 0 Å². The first kappa shape index (κ1) is 11.7. The molecular weight excluding hydrogens is 103 g/mol. The zero-order valence-electron chi connectivity index (χ0n) is 6.28. The van der Waals surface area contributed by atoms with Crippen LogP contribution in [0.15, 0.2) is 12.2 Å². The molecule has 0 unspecified atom stereocenters. The van der Waals surface area contributed by atoms with Crippen molar-refractivity contribution in [3.8, 4) is 5.92 Å². The van der Waals surface area contributed by atoms with Crippen LogP contribution in [0.2, 0.25) is 0 Å². The van der Waals surface area contributed by atoms with E-state index in [0.29, 0.717) is 0 Å². The third-order valence-electron chi connectivity index (χ3n) is 0.838. The molecule has 0 aromatic heterocycles. The molecule has 0 saturated heterocycles. The molecule has 0 aliphatic heterocycles. The number of rotatable bonds is 3. The Kier molecular flexibility index (Phi) is 14.0. The van der Waals surface area contributed by atoms with Crippen molar-refractivity contribution in [3.05, 3.63) is 18.6 Å². The fourth-order valence-corrected chi connectivity index (χ4v) is 0.440. The summed E-state index contributed by atoms with van der Waals surface area (Å²) in [6.07, 6.45) is 13.6. The molecule has 0 aromatic rings. The summed E-state index contributed by atoms with van der Waals surface area (Å²) >= 11 is 0. The predicted molar refractivity (Wildman–Crippen MR) is 35.8 cm³/mol. The maximum atomic E-state index is 6.55. The quantitative estimate of drug-likeness (QED) is 0.150. The van der Waals surface area contributed by atoms with Crippen LogP contribution in [0.3, 0.4) is 0 Å². The van der Waals surface area contributed by atoms with Crippen LogP contribution in [0, 0.1) is 12.3 Å². The van der Waals surface area contributed by atoms with Crippen molar-refractivity contribution in [2.45, 2.75) is 26.2 Å². The van der Waals surface area contributed by atoms with Crippen molar-refractivity contribution in [1.82, 2.24) is 0 Å². The maximum absolute atomic E-state index is 6.55. The largest absolute Gasteiger partial charge is 1.00 e. The van der Waals surface area contributed by atoms with Crippen molar-refractivity contribution in [2.75, 3.05) is 0 Å². The third kappa shape index (κ3) is 11.5. The molecule has 0 aliphatic rings. The Bertz CT molecular complexity index is 97.6. The summed E-state index contributed by atoms with van der Waals surface area (Å²) in [6, 6.07) is 0. The van der Waals surface area contributed by atoms with E-state index in [9.17, 15) is 0 Å². The molecule has 0 aromatic carbocycles. The van der Waals surface area contributed by atoms with Gasteiger partial charge in [0.25, 0.3) is 0 Å². The molecule has 0 rings (SSSR count). The van der Waals surface area contributed by atoms with Crippen LogP contribution < -0.4 is 18.9 Å². The second-order valence-corrected chi connectivity index (χ2v) is 1.60. The average Bonchev–Trinajstić information content (AvgIpc) is 1.81. The minimum atomic E-state index is 0. The minimum Gasteiger partial charge on any atom is -0.694 e. The molecule has 1 heteroatoms. The van der Waals surface area contributed by atoms with Gasteiger partial charge in [-0.3, -0.25) is 0 Å². The topological polar surface area (TPSA) is 0 Å². The number of unbranched alkanes of at least 4 members (excludes halogenated alkanes) is 1. The van der Waals surface area contributed by atoms with Crippen molar-refractivity contribution >= 4 is 0 Å². The molecule has 0 spiro atoms. The van der Waals surface area contributed by atoms with E-state index in [1.54, 1.807) is 0 Å². The molecule has 0 saturated carbocycles. The van der Waals surface area contributed by atoms with Crippen LogP contribution in [0.1, 0.15) is 26.2 Å². The van der Waals surface area contributed by atoms with Crippen LogP contribution >= 0.6 is 0 Å². The Labute approximate surface area is 69.9 Å². The summed E-state index contributed by atoms with van der Waals surface area (Å²) < 4.78 is 0. The Morgan fingerprint density at radius 1 is 1.44 bits per heavy atom. The number of allylic oxidation sites excluding steroid dienone is 2. The maximum Gasteiger partial charge on any atom is 1.00 e. The second kappa shape index (κ2) is 10.8. The minimum absolute atomic E-state index is 0. The van der Waals surface area contributed by atoms with Gasteiger partial charge in [-0.05, 0) is 19.3 Å². The summed E-state index contributed by atoms with van der Waals surface area (Å²) in [4.78, 5) is 0. The van der Waals surface area contributed by atoms with Gasteiger partial charge >= 0.3 is 18.9 Å². The Hall–Kier alpha value is -0.103. The van der Waals surface area contributed by atoms with Gasteiger partial charge in [-0.1, -0.05) is 19.1 Å². The van der Waals surface area contributed by atoms with Crippen molar-refractivity contribution in [2.24, 2.45) is 0 Å². The first-order chi connectivity index (χ1) is 3.91. The van der Waals surface area contributed by atoms with E-state index in [4.69, 9.17) is 6.42 Å². The van der Waals surface area contributed by atoms with Crippen molar-refractivity contribution in [3.63, 3.8) is 0 Å². The molecule has 0 atom stereocenters. The molecule has 0 amide bonds. The fourth-order valence-electron chi connectivity index (χ4n) is 0.440. The van der Waals surface area contributed by atoms with E-state index in [1.165, 1.54) is 0 Å². The van der Waals surface area contributed by atoms with E-state index >= 15 is 0 Å². The summed E-state index contributed by atoms with van der Waals surface area (Å²) in [7, 11) is 0. The van der Waals surface area contributed by atoms with Gasteiger partial charge in [0.1, 0.15) is 0 Å². The van der Waals surface area contributed by atoms with Crippen LogP contribution in [0.25, 0.3) is 0 Å². The molecule has 0 radical (unpaired) electrons.